The third-order valence-electron chi connectivity index (χ3n) is 15.2. The molecule has 0 saturated heterocycles. The number of quaternary nitrogens is 1. The van der Waals surface area contributed by atoms with E-state index in [1.165, 1.54) is 0 Å². The van der Waals surface area contributed by atoms with Crippen molar-refractivity contribution in [1.82, 2.24) is 0 Å². The van der Waals surface area contributed by atoms with Gasteiger partial charge in [-0.15, -0.1) is 0 Å². The van der Waals surface area contributed by atoms with E-state index in [4.69, 9.17) is 18.9 Å². The number of nitrogens with zero attached hydrogens (tertiary/aromatic N) is 1. The molecule has 2 atom stereocenters. The van der Waals surface area contributed by atoms with Crippen LogP contribution >= 0.6 is 0 Å². The van der Waals surface area contributed by atoms with Gasteiger partial charge in [-0.3, -0.25) is 9.59 Å². The standard InChI is InChI=1S/C94H139NO8/c1-6-8-10-12-14-16-18-20-22-24-26-28-30-32-34-36-38-40-42-44-45-46-47-49-51-53-55-57-59-61-63-65-67-69-71-73-75-77-79-81-83-85-92(97)103-90(89-102-94(93(98)99)100-87-86-95(3,4)5)88-101-91(96)84-82-80-78-76-74-72-70-68-66-64-62-60-58-56-54-52-50-48-43-41-39-37-35-33-31-29-27-25-23-21-19-17-15-13-11-9-7-2/h8-11,14-17,20-23,26-29,32-35,38-41,44-45,47-50,53-56,59-62,65-68,71-74,90,94H,6-7,12-13,18-19,24-25,30-31,36-37,42-43,46,51-52,57-58,63-64,69-70,75-89H2,1-5H3/b10-8-,11-9-,16-14-,17-15-,22-20-,23-21-,28-26-,29-27-,34-32-,35-33-,40-38-,41-39-,45-44-,49-47-,50-48-,55-53-,56-54-,61-59-,62-60-,67-65-,68-66-,73-71-,74-72-. The van der Waals surface area contributed by atoms with Crippen molar-refractivity contribution in [2.24, 2.45) is 0 Å². The molecule has 103 heavy (non-hydrogen) atoms. The number of allylic oxidation sites excluding steroid dienone is 46. The van der Waals surface area contributed by atoms with Gasteiger partial charge in [0.25, 0.3) is 0 Å². The molecule has 0 bridgehead atoms. The van der Waals surface area contributed by atoms with Crippen molar-refractivity contribution in [3.63, 3.8) is 0 Å². The predicted molar refractivity (Wildman–Crippen MR) is 443 cm³/mol. The second kappa shape index (κ2) is 80.0. The Morgan fingerprint density at radius 1 is 0.291 bits per heavy atom. The molecule has 0 radical (unpaired) electrons. The Labute approximate surface area is 629 Å². The Balaban J connectivity index is 4.31. The minimum atomic E-state index is -1.66. The fourth-order valence-electron chi connectivity index (χ4n) is 9.29. The molecule has 0 heterocycles. The van der Waals surface area contributed by atoms with Gasteiger partial charge in [-0.05, 0) is 186 Å². The van der Waals surface area contributed by atoms with Crippen LogP contribution < -0.4 is 5.11 Å². The number of carboxylic acid groups (broad SMARTS) is 1. The molecule has 0 aromatic rings. The van der Waals surface area contributed by atoms with Crippen molar-refractivity contribution in [3.05, 3.63) is 279 Å². The molecule has 0 aromatic heterocycles. The van der Waals surface area contributed by atoms with Gasteiger partial charge in [0.15, 0.2) is 12.4 Å². The molecule has 0 aromatic carbocycles. The number of ether oxygens (including phenoxy) is 4. The molecule has 0 aliphatic rings. The zero-order valence-electron chi connectivity index (χ0n) is 64.8. The third-order valence-corrected chi connectivity index (χ3v) is 15.2. The fourth-order valence-corrected chi connectivity index (χ4v) is 9.29. The number of unbranched alkanes of at least 4 members (excludes halogenated alkanes) is 7. The van der Waals surface area contributed by atoms with Crippen LogP contribution in [0.1, 0.15) is 232 Å². The summed E-state index contributed by atoms with van der Waals surface area (Å²) < 4.78 is 22.7. The Kier molecular flexibility index (Phi) is 74.0. The van der Waals surface area contributed by atoms with E-state index in [0.717, 1.165) is 193 Å². The van der Waals surface area contributed by atoms with Gasteiger partial charge >= 0.3 is 11.9 Å². The van der Waals surface area contributed by atoms with E-state index in [2.05, 4.69) is 293 Å². The summed E-state index contributed by atoms with van der Waals surface area (Å²) >= 11 is 0. The zero-order chi connectivity index (χ0) is 74.6. The number of carbonyl (C=O) groups excluding carboxylic acids is 3. The largest absolute Gasteiger partial charge is 0.545 e. The van der Waals surface area contributed by atoms with Gasteiger partial charge in [0.1, 0.15) is 13.2 Å². The smallest absolute Gasteiger partial charge is 0.306 e. The number of likely N-dealkylation sites (N-methyl/N-ethyl adjacent to an activating group) is 1. The first kappa shape index (κ1) is 95.3. The van der Waals surface area contributed by atoms with Crippen LogP contribution in [0.4, 0.5) is 0 Å². The summed E-state index contributed by atoms with van der Waals surface area (Å²) in [6.07, 6.45) is 130. The molecule has 0 aliphatic heterocycles. The first-order chi connectivity index (χ1) is 50.6. The van der Waals surface area contributed by atoms with E-state index >= 15 is 0 Å². The Morgan fingerprint density at radius 2 is 0.524 bits per heavy atom. The fraction of sp³-hybridized carbons (Fsp3) is 0.479. The zero-order valence-corrected chi connectivity index (χ0v) is 64.8. The second-order valence-corrected chi connectivity index (χ2v) is 25.8. The van der Waals surface area contributed by atoms with Crippen LogP contribution in [0.25, 0.3) is 0 Å². The van der Waals surface area contributed by atoms with Gasteiger partial charge in [0, 0.05) is 12.8 Å². The molecule has 0 amide bonds. The quantitative estimate of drug-likeness (QED) is 0.0195. The topological polar surface area (TPSA) is 111 Å². The maximum absolute atomic E-state index is 13.0. The molecular weight excluding hydrogens is 1270 g/mol. The van der Waals surface area contributed by atoms with Crippen molar-refractivity contribution in [2.75, 3.05) is 47.5 Å². The molecular formula is C94H139NO8. The van der Waals surface area contributed by atoms with Crippen molar-refractivity contribution in [2.45, 2.75) is 245 Å². The summed E-state index contributed by atoms with van der Waals surface area (Å²) in [4.78, 5) is 37.6. The lowest BCUT2D eigenvalue weighted by Crippen LogP contribution is -2.44. The van der Waals surface area contributed by atoms with E-state index in [-0.39, 0.29) is 32.7 Å². The van der Waals surface area contributed by atoms with Crippen molar-refractivity contribution in [1.29, 1.82) is 0 Å². The average molecular weight is 1410 g/mol. The summed E-state index contributed by atoms with van der Waals surface area (Å²) in [5, 5.41) is 11.9. The molecule has 9 heteroatoms. The summed E-state index contributed by atoms with van der Waals surface area (Å²) in [6.45, 7) is 4.40. The first-order valence-corrected chi connectivity index (χ1v) is 39.1. The summed E-state index contributed by atoms with van der Waals surface area (Å²) in [6, 6.07) is 0. The second-order valence-electron chi connectivity index (χ2n) is 25.8. The molecule has 0 N–H and O–H groups in total. The SMILES string of the molecule is CC/C=C\C/C=C\C/C=C\C/C=C\C/C=C\C/C=C\C/C=C\C/C=C\C/C=C\C/C=C\C/C=C\C/C=C\CCCCCCC(=O)OC(COC(=O)CCCCC/C=C\C/C=C\C/C=C\C/C=C\C/C=C\C/C=C\C/C=C\C/C=C\C/C=C\C/C=C\C/C=C\CC)COC(OCC[N+](C)(C)C)C(=O)[O-]. The van der Waals surface area contributed by atoms with Gasteiger partial charge in [-0.25, -0.2) is 0 Å². The highest BCUT2D eigenvalue weighted by Gasteiger charge is 2.22. The Bertz CT molecular complexity index is 2760. The van der Waals surface area contributed by atoms with Gasteiger partial charge in [-0.2, -0.15) is 0 Å². The van der Waals surface area contributed by atoms with Crippen molar-refractivity contribution < 1.29 is 42.9 Å². The number of esters is 2. The number of carbonyl (C=O) groups is 3. The Hall–Kier alpha value is -7.69. The minimum Gasteiger partial charge on any atom is -0.545 e. The monoisotopic (exact) mass is 1410 g/mol. The maximum Gasteiger partial charge on any atom is 0.306 e. The molecule has 0 spiro atoms. The normalized spacial score (nSPS) is 14.2. The molecule has 0 aliphatic carbocycles. The highest BCUT2D eigenvalue weighted by atomic mass is 16.7. The van der Waals surface area contributed by atoms with Crippen LogP contribution in [0.15, 0.2) is 279 Å². The highest BCUT2D eigenvalue weighted by molar-refractivity contribution is 5.70. The number of hydrogen-bond donors (Lipinski definition) is 0. The van der Waals surface area contributed by atoms with Crippen LogP contribution in [0.3, 0.4) is 0 Å². The van der Waals surface area contributed by atoms with Gasteiger partial charge in [0.2, 0.25) is 0 Å². The van der Waals surface area contributed by atoms with E-state index in [9.17, 15) is 19.5 Å². The lowest BCUT2D eigenvalue weighted by molar-refractivity contribution is -0.870. The van der Waals surface area contributed by atoms with Crippen LogP contribution in [-0.4, -0.2) is 82.3 Å². The highest BCUT2D eigenvalue weighted by Crippen LogP contribution is 2.12. The van der Waals surface area contributed by atoms with E-state index in [0.29, 0.717) is 23.9 Å². The number of hydrogen-bond acceptors (Lipinski definition) is 8. The summed E-state index contributed by atoms with van der Waals surface area (Å²) in [7, 11) is 5.89. The molecule has 0 rings (SSSR count). The molecule has 568 valence electrons. The van der Waals surface area contributed by atoms with E-state index < -0.39 is 30.3 Å². The molecule has 0 saturated carbocycles. The van der Waals surface area contributed by atoms with Crippen molar-refractivity contribution >= 4 is 17.9 Å². The third kappa shape index (κ3) is 81.5. The van der Waals surface area contributed by atoms with Gasteiger partial charge in [0.05, 0.1) is 40.3 Å². The minimum absolute atomic E-state index is 0.120. The lowest BCUT2D eigenvalue weighted by Gasteiger charge is -2.26. The van der Waals surface area contributed by atoms with Crippen LogP contribution in [-0.2, 0) is 33.3 Å². The van der Waals surface area contributed by atoms with Crippen molar-refractivity contribution in [3.8, 4) is 0 Å². The number of aliphatic carboxylic acids is 1. The first-order valence-electron chi connectivity index (χ1n) is 39.1. The van der Waals surface area contributed by atoms with Gasteiger partial charge < -0.3 is 33.3 Å². The number of carboxylic acids is 1. The molecule has 9 nitrogen and oxygen atoms in total. The summed E-state index contributed by atoms with van der Waals surface area (Å²) in [5.41, 5.74) is 0. The average Bonchev–Trinajstić information content (AvgIpc) is 1.01. The number of rotatable bonds is 68. The van der Waals surface area contributed by atoms with E-state index in [1.807, 2.05) is 21.1 Å². The van der Waals surface area contributed by atoms with E-state index in [1.54, 1.807) is 0 Å². The lowest BCUT2D eigenvalue weighted by atomic mass is 10.1. The van der Waals surface area contributed by atoms with Crippen LogP contribution in [0.2, 0.25) is 0 Å². The van der Waals surface area contributed by atoms with Gasteiger partial charge in [-0.1, -0.05) is 313 Å². The van der Waals surface area contributed by atoms with Crippen LogP contribution in [0, 0.1) is 0 Å². The molecule has 2 unspecified atom stereocenters. The predicted octanol–water partition coefficient (Wildman–Crippen LogP) is 24.4. The molecule has 0 fully saturated rings. The van der Waals surface area contributed by atoms with Crippen LogP contribution in [0.5, 0.6) is 0 Å². The summed E-state index contributed by atoms with van der Waals surface area (Å²) in [5.74, 6) is -2.40. The Morgan fingerprint density at radius 3 is 0.777 bits per heavy atom. The maximum atomic E-state index is 13.0.